The Balaban J connectivity index is 2.13. The molecular formula is C22H22ClF5N4O2S. The van der Waals surface area contributed by atoms with Gasteiger partial charge in [0, 0.05) is 23.3 Å². The van der Waals surface area contributed by atoms with Crippen LogP contribution in [0.3, 0.4) is 0 Å². The second-order valence-corrected chi connectivity index (χ2v) is 11.0. The van der Waals surface area contributed by atoms with E-state index >= 15 is 0 Å². The molecule has 0 bridgehead atoms. The molecule has 1 aromatic rings. The van der Waals surface area contributed by atoms with E-state index in [1.165, 1.54) is 13.8 Å². The van der Waals surface area contributed by atoms with Crippen LogP contribution in [0.2, 0.25) is 5.02 Å². The Morgan fingerprint density at radius 2 is 1.97 bits per heavy atom. The number of nitriles is 1. The number of carbonyl (C=O) groups excluding carboxylic acids is 1. The highest BCUT2D eigenvalue weighted by Gasteiger charge is 2.48. The van der Waals surface area contributed by atoms with Crippen molar-refractivity contribution < 1.29 is 31.0 Å². The van der Waals surface area contributed by atoms with Crippen molar-refractivity contribution in [1.29, 1.82) is 5.26 Å². The number of carbonyl (C=O) groups is 1. The molecule has 0 aromatic heterocycles. The molecule has 1 amide bonds. The summed E-state index contributed by atoms with van der Waals surface area (Å²) in [6.45, 7) is 6.00. The van der Waals surface area contributed by atoms with Crippen molar-refractivity contribution in [3.63, 3.8) is 0 Å². The maximum Gasteiger partial charge on any atom is 0.414 e. The van der Waals surface area contributed by atoms with Crippen molar-refractivity contribution in [1.82, 2.24) is 4.90 Å². The third-order valence-corrected chi connectivity index (χ3v) is 7.19. The van der Waals surface area contributed by atoms with Crippen LogP contribution < -0.4 is 4.90 Å². The maximum atomic E-state index is 14.8. The number of dihydropyridines is 1. The van der Waals surface area contributed by atoms with Crippen LogP contribution in [-0.4, -0.2) is 56.3 Å². The lowest BCUT2D eigenvalue weighted by atomic mass is 9.88. The lowest BCUT2D eigenvalue weighted by Crippen LogP contribution is -2.53. The number of halogens is 6. The van der Waals surface area contributed by atoms with E-state index in [9.17, 15) is 36.2 Å². The first-order valence-electron chi connectivity index (χ1n) is 10.5. The summed E-state index contributed by atoms with van der Waals surface area (Å²) in [6.07, 6.45) is -5.37. The molecule has 6 nitrogen and oxygen atoms in total. The minimum atomic E-state index is -4.82. The average molecular weight is 537 g/mol. The van der Waals surface area contributed by atoms with Gasteiger partial charge in [-0.2, -0.15) is 18.4 Å². The van der Waals surface area contributed by atoms with Crippen LogP contribution >= 0.6 is 11.6 Å². The van der Waals surface area contributed by atoms with Crippen LogP contribution in [-0.2, 0) is 15.6 Å². The van der Waals surface area contributed by atoms with Gasteiger partial charge in [0.25, 0.3) is 5.91 Å². The van der Waals surface area contributed by atoms with Crippen molar-refractivity contribution in [2.45, 2.75) is 57.9 Å². The van der Waals surface area contributed by atoms with Crippen molar-refractivity contribution >= 4 is 39.8 Å². The number of aliphatic imine (C=N–C) groups is 1. The molecule has 2 heterocycles. The first-order chi connectivity index (χ1) is 16.1. The lowest BCUT2D eigenvalue weighted by molar-refractivity contribution is -0.121. The molecule has 2 aliphatic heterocycles. The molecular weight excluding hydrogens is 515 g/mol. The van der Waals surface area contributed by atoms with Crippen molar-refractivity contribution in [2.75, 3.05) is 16.5 Å². The fourth-order valence-corrected chi connectivity index (χ4v) is 5.65. The van der Waals surface area contributed by atoms with E-state index in [0.29, 0.717) is 0 Å². The molecule has 0 spiro atoms. The molecule has 13 heteroatoms. The van der Waals surface area contributed by atoms with Gasteiger partial charge in [-0.25, -0.2) is 8.78 Å². The molecule has 1 saturated heterocycles. The van der Waals surface area contributed by atoms with Crippen molar-refractivity contribution in [3.8, 4) is 6.07 Å². The van der Waals surface area contributed by atoms with Crippen LogP contribution in [0.15, 0.2) is 28.3 Å². The van der Waals surface area contributed by atoms with Gasteiger partial charge in [0.2, 0.25) is 0 Å². The highest BCUT2D eigenvalue weighted by molar-refractivity contribution is 7.85. The predicted molar refractivity (Wildman–Crippen MR) is 122 cm³/mol. The standard InChI is InChI=1S/C22H22ClF5N4O2S/c1-11(2)32(15-6-5-14(24)17(23)18(15)25)20(33)16-9-35(34)10-31(16)19-12(8-29)13(22(26,27)28)7-21(3,4)30-19/h5-6,11,16H,7,9-10H2,1-4H3/t16-,35?/m0/s1. The predicted octanol–water partition coefficient (Wildman–Crippen LogP) is 4.71. The monoisotopic (exact) mass is 536 g/mol. The summed E-state index contributed by atoms with van der Waals surface area (Å²) in [6, 6.07) is 1.46. The summed E-state index contributed by atoms with van der Waals surface area (Å²) in [5.41, 5.74) is -3.43. The SMILES string of the molecule is CC(C)N(C(=O)[C@@H]1CS(=O)CN1C1=NC(C)(C)CC(C(F)(F)F)=C1C#N)c1ccc(F)c(Cl)c1F. The molecule has 0 N–H and O–H groups in total. The lowest BCUT2D eigenvalue weighted by Gasteiger charge is -2.37. The van der Waals surface area contributed by atoms with E-state index < -0.39 is 74.7 Å². The zero-order chi connectivity index (χ0) is 26.5. The van der Waals surface area contributed by atoms with E-state index in [2.05, 4.69) is 4.99 Å². The number of rotatable bonds is 3. The number of hydrogen-bond donors (Lipinski definition) is 0. The fraction of sp³-hybridized carbons (Fsp3) is 0.500. The van der Waals surface area contributed by atoms with Crippen molar-refractivity contribution in [3.05, 3.63) is 39.9 Å². The van der Waals surface area contributed by atoms with Gasteiger partial charge in [-0.05, 0) is 39.8 Å². The van der Waals surface area contributed by atoms with Gasteiger partial charge in [0.05, 0.1) is 28.4 Å². The Hall–Kier alpha value is -2.52. The molecule has 190 valence electrons. The van der Waals surface area contributed by atoms with Gasteiger partial charge < -0.3 is 9.80 Å². The number of hydrogen-bond acceptors (Lipinski definition) is 5. The van der Waals surface area contributed by atoms with E-state index in [4.69, 9.17) is 11.6 Å². The second kappa shape index (κ2) is 9.50. The highest BCUT2D eigenvalue weighted by atomic mass is 35.5. The van der Waals surface area contributed by atoms with Crippen LogP contribution in [0.5, 0.6) is 0 Å². The third kappa shape index (κ3) is 5.21. The second-order valence-electron chi connectivity index (χ2n) is 9.11. The Morgan fingerprint density at radius 1 is 1.34 bits per heavy atom. The fourth-order valence-electron chi connectivity index (χ4n) is 4.10. The summed E-state index contributed by atoms with van der Waals surface area (Å²) in [7, 11) is -1.67. The summed E-state index contributed by atoms with van der Waals surface area (Å²) in [5.74, 6) is -4.04. The Morgan fingerprint density at radius 3 is 2.51 bits per heavy atom. The zero-order valence-electron chi connectivity index (χ0n) is 19.2. The van der Waals surface area contributed by atoms with E-state index in [-0.39, 0.29) is 23.2 Å². The topological polar surface area (TPSA) is 76.8 Å². The molecule has 0 radical (unpaired) electrons. The van der Waals surface area contributed by atoms with Crippen LogP contribution in [0.4, 0.5) is 27.6 Å². The van der Waals surface area contributed by atoms with Gasteiger partial charge in [0.1, 0.15) is 34.4 Å². The number of amidine groups is 1. The zero-order valence-corrected chi connectivity index (χ0v) is 20.8. The molecule has 1 fully saturated rings. The van der Waals surface area contributed by atoms with E-state index in [0.717, 1.165) is 21.9 Å². The molecule has 35 heavy (non-hydrogen) atoms. The summed E-state index contributed by atoms with van der Waals surface area (Å²) in [4.78, 5) is 20.0. The smallest absolute Gasteiger partial charge is 0.331 e. The molecule has 1 unspecified atom stereocenters. The Kier molecular flexibility index (Phi) is 7.35. The first kappa shape index (κ1) is 27.1. The molecule has 1 aromatic carbocycles. The van der Waals surface area contributed by atoms with Gasteiger partial charge >= 0.3 is 6.18 Å². The van der Waals surface area contributed by atoms with Gasteiger partial charge in [-0.1, -0.05) is 11.6 Å². The third-order valence-electron chi connectivity index (χ3n) is 5.59. The summed E-state index contributed by atoms with van der Waals surface area (Å²) in [5, 5.41) is 8.78. The molecule has 0 aliphatic carbocycles. The minimum absolute atomic E-state index is 0.280. The van der Waals surface area contributed by atoms with Gasteiger partial charge in [-0.15, -0.1) is 0 Å². The summed E-state index contributed by atoms with van der Waals surface area (Å²) < 4.78 is 82.4. The highest BCUT2D eigenvalue weighted by Crippen LogP contribution is 2.40. The number of amides is 1. The number of anilines is 1. The average Bonchev–Trinajstić information content (AvgIpc) is 3.13. The normalized spacial score (nSPS) is 22.3. The maximum absolute atomic E-state index is 14.8. The minimum Gasteiger partial charge on any atom is -0.331 e. The molecule has 2 aliphatic rings. The van der Waals surface area contributed by atoms with Gasteiger partial charge in [-0.3, -0.25) is 14.0 Å². The quantitative estimate of drug-likeness (QED) is 0.414. The van der Waals surface area contributed by atoms with Gasteiger partial charge in [0.15, 0.2) is 5.82 Å². The van der Waals surface area contributed by atoms with Crippen LogP contribution in [0.25, 0.3) is 0 Å². The number of nitrogens with zero attached hydrogens (tertiary/aromatic N) is 4. The molecule has 0 saturated carbocycles. The largest absolute Gasteiger partial charge is 0.414 e. The molecule has 3 rings (SSSR count). The van der Waals surface area contributed by atoms with Crippen LogP contribution in [0, 0.1) is 23.0 Å². The Labute approximate surface area is 206 Å². The van der Waals surface area contributed by atoms with E-state index in [1.54, 1.807) is 19.9 Å². The first-order valence-corrected chi connectivity index (χ1v) is 12.3. The molecule has 2 atom stereocenters. The van der Waals surface area contributed by atoms with Crippen molar-refractivity contribution in [2.24, 2.45) is 4.99 Å². The summed E-state index contributed by atoms with van der Waals surface area (Å²) >= 11 is 5.68. The number of alkyl halides is 3. The number of benzene rings is 1. The Bertz CT molecular complexity index is 1190. The van der Waals surface area contributed by atoms with E-state index in [1.807, 2.05) is 0 Å². The van der Waals surface area contributed by atoms with Crippen LogP contribution in [0.1, 0.15) is 34.1 Å².